The minimum Gasteiger partial charge on any atom is -0.329 e. The third-order valence-electron chi connectivity index (χ3n) is 0.914. The maximum absolute atomic E-state index is 9.91. The van der Waals surface area contributed by atoms with Gasteiger partial charge in [0.05, 0.1) is 0 Å². The van der Waals surface area contributed by atoms with Crippen LogP contribution >= 0.6 is 0 Å². The standard InChI is InChI=1S/C8H11NO/c1-3-5-6-8(4-2)9-7-10/h3-7H,2H2,1H3,(H,9,10)/b5-3-,8-6?. The SMILES string of the molecule is C=CC(=C/C=C\C)NC=O. The maximum atomic E-state index is 9.91. The quantitative estimate of drug-likeness (QED) is 0.460. The van der Waals surface area contributed by atoms with E-state index in [4.69, 9.17) is 0 Å². The molecule has 0 aliphatic carbocycles. The van der Waals surface area contributed by atoms with Crippen LogP contribution in [0.2, 0.25) is 0 Å². The molecule has 0 unspecified atom stereocenters. The molecule has 2 nitrogen and oxygen atoms in total. The molecule has 54 valence electrons. The summed E-state index contributed by atoms with van der Waals surface area (Å²) in [5, 5.41) is 2.48. The average Bonchev–Trinajstić information content (AvgIpc) is 1.98. The van der Waals surface area contributed by atoms with Crippen molar-refractivity contribution in [1.29, 1.82) is 0 Å². The van der Waals surface area contributed by atoms with Crippen LogP contribution in [0.15, 0.2) is 36.6 Å². The van der Waals surface area contributed by atoms with Crippen LogP contribution in [0.3, 0.4) is 0 Å². The minimum absolute atomic E-state index is 0.622. The molecule has 0 rings (SSSR count). The highest BCUT2D eigenvalue weighted by atomic mass is 16.1. The van der Waals surface area contributed by atoms with Gasteiger partial charge >= 0.3 is 0 Å². The van der Waals surface area contributed by atoms with Crippen molar-refractivity contribution in [3.8, 4) is 0 Å². The number of amides is 1. The van der Waals surface area contributed by atoms with Crippen LogP contribution < -0.4 is 5.32 Å². The molecule has 1 amide bonds. The molecular formula is C8H11NO. The van der Waals surface area contributed by atoms with E-state index in [-0.39, 0.29) is 0 Å². The Morgan fingerprint density at radius 1 is 1.60 bits per heavy atom. The van der Waals surface area contributed by atoms with Crippen molar-refractivity contribution in [1.82, 2.24) is 5.32 Å². The van der Waals surface area contributed by atoms with E-state index >= 15 is 0 Å². The van der Waals surface area contributed by atoms with E-state index in [0.29, 0.717) is 12.1 Å². The Bertz CT molecular complexity index is 168. The Hall–Kier alpha value is -1.31. The summed E-state index contributed by atoms with van der Waals surface area (Å²) in [4.78, 5) is 9.91. The summed E-state index contributed by atoms with van der Waals surface area (Å²) in [6.07, 6.45) is 7.66. The number of rotatable bonds is 4. The first-order valence-corrected chi connectivity index (χ1v) is 3.00. The lowest BCUT2D eigenvalue weighted by atomic mass is 10.3. The van der Waals surface area contributed by atoms with Crippen molar-refractivity contribution < 1.29 is 4.79 Å². The molecule has 2 heteroatoms. The molecule has 0 fully saturated rings. The molecule has 0 spiro atoms. The van der Waals surface area contributed by atoms with Gasteiger partial charge in [0.15, 0.2) is 0 Å². The second-order valence-electron chi connectivity index (χ2n) is 1.61. The van der Waals surface area contributed by atoms with Crippen molar-refractivity contribution in [2.24, 2.45) is 0 Å². The van der Waals surface area contributed by atoms with Crippen molar-refractivity contribution >= 4 is 6.41 Å². The largest absolute Gasteiger partial charge is 0.329 e. The van der Waals surface area contributed by atoms with E-state index in [1.54, 1.807) is 12.2 Å². The van der Waals surface area contributed by atoms with Gasteiger partial charge in [0.1, 0.15) is 0 Å². The van der Waals surface area contributed by atoms with Gasteiger partial charge in [-0.1, -0.05) is 18.7 Å². The predicted octanol–water partition coefficient (Wildman–Crippen LogP) is 1.38. The molecule has 0 aliphatic rings. The Morgan fingerprint density at radius 3 is 2.70 bits per heavy atom. The molecule has 10 heavy (non-hydrogen) atoms. The Balaban J connectivity index is 4.02. The van der Waals surface area contributed by atoms with Gasteiger partial charge in [-0.3, -0.25) is 4.79 Å². The van der Waals surface area contributed by atoms with E-state index in [1.165, 1.54) is 0 Å². The average molecular weight is 137 g/mol. The van der Waals surface area contributed by atoms with Crippen LogP contribution in [-0.2, 0) is 4.79 Å². The summed E-state index contributed by atoms with van der Waals surface area (Å²) >= 11 is 0. The summed E-state index contributed by atoms with van der Waals surface area (Å²) < 4.78 is 0. The van der Waals surface area contributed by atoms with Crippen molar-refractivity contribution in [3.63, 3.8) is 0 Å². The molecule has 0 aromatic rings. The summed E-state index contributed by atoms with van der Waals surface area (Å²) in [6.45, 7) is 5.41. The van der Waals surface area contributed by atoms with Crippen molar-refractivity contribution in [2.45, 2.75) is 6.92 Å². The fourth-order valence-electron chi connectivity index (χ4n) is 0.443. The smallest absolute Gasteiger partial charge is 0.211 e. The third kappa shape index (κ3) is 3.66. The normalized spacial score (nSPS) is 11.5. The number of hydrogen-bond acceptors (Lipinski definition) is 1. The second-order valence-corrected chi connectivity index (χ2v) is 1.61. The number of nitrogens with one attached hydrogen (secondary N) is 1. The zero-order chi connectivity index (χ0) is 7.82. The molecule has 0 saturated heterocycles. The lowest BCUT2D eigenvalue weighted by Crippen LogP contribution is -2.06. The number of carbonyl (C=O) groups excluding carboxylic acids is 1. The van der Waals surface area contributed by atoms with E-state index in [1.807, 2.05) is 19.1 Å². The Labute approximate surface area is 60.9 Å². The first-order valence-electron chi connectivity index (χ1n) is 3.00. The topological polar surface area (TPSA) is 29.1 Å². The summed E-state index contributed by atoms with van der Waals surface area (Å²) in [6, 6.07) is 0. The van der Waals surface area contributed by atoms with Crippen molar-refractivity contribution in [3.05, 3.63) is 36.6 Å². The molecule has 0 radical (unpaired) electrons. The van der Waals surface area contributed by atoms with E-state index in [0.717, 1.165) is 0 Å². The number of allylic oxidation sites excluding steroid dienone is 4. The Morgan fingerprint density at radius 2 is 2.30 bits per heavy atom. The van der Waals surface area contributed by atoms with E-state index in [9.17, 15) is 4.79 Å². The molecule has 0 aromatic carbocycles. The minimum atomic E-state index is 0.622. The van der Waals surface area contributed by atoms with Crippen LogP contribution in [-0.4, -0.2) is 6.41 Å². The van der Waals surface area contributed by atoms with Crippen LogP contribution in [0.5, 0.6) is 0 Å². The number of carbonyl (C=O) groups is 1. The molecule has 0 aromatic heterocycles. The van der Waals surface area contributed by atoms with Crippen LogP contribution in [0.4, 0.5) is 0 Å². The zero-order valence-electron chi connectivity index (χ0n) is 6.00. The van der Waals surface area contributed by atoms with Gasteiger partial charge in [0, 0.05) is 5.70 Å². The van der Waals surface area contributed by atoms with Gasteiger partial charge in [0.25, 0.3) is 0 Å². The first kappa shape index (κ1) is 8.69. The molecule has 0 bridgehead atoms. The molecule has 0 aliphatic heterocycles. The van der Waals surface area contributed by atoms with Gasteiger partial charge in [-0.2, -0.15) is 0 Å². The number of hydrogen-bond donors (Lipinski definition) is 1. The molecule has 0 heterocycles. The highest BCUT2D eigenvalue weighted by Gasteiger charge is 1.81. The highest BCUT2D eigenvalue weighted by molar-refractivity contribution is 5.52. The summed E-state index contributed by atoms with van der Waals surface area (Å²) in [5.41, 5.74) is 0.702. The first-order chi connectivity index (χ1) is 4.85. The zero-order valence-corrected chi connectivity index (χ0v) is 6.00. The predicted molar refractivity (Wildman–Crippen MR) is 42.3 cm³/mol. The third-order valence-corrected chi connectivity index (χ3v) is 0.914. The maximum Gasteiger partial charge on any atom is 0.211 e. The molecule has 0 saturated carbocycles. The van der Waals surface area contributed by atoms with E-state index in [2.05, 4.69) is 11.9 Å². The van der Waals surface area contributed by atoms with Gasteiger partial charge < -0.3 is 5.32 Å². The Kier molecular flexibility index (Phi) is 5.06. The lowest BCUT2D eigenvalue weighted by Gasteiger charge is -1.93. The fraction of sp³-hybridized carbons (Fsp3) is 0.125. The van der Waals surface area contributed by atoms with E-state index < -0.39 is 0 Å². The molecule has 1 N–H and O–H groups in total. The van der Waals surface area contributed by atoms with Crippen molar-refractivity contribution in [2.75, 3.05) is 0 Å². The van der Waals surface area contributed by atoms with Crippen LogP contribution in [0, 0.1) is 0 Å². The lowest BCUT2D eigenvalue weighted by molar-refractivity contribution is -0.108. The van der Waals surface area contributed by atoms with Crippen LogP contribution in [0.25, 0.3) is 0 Å². The highest BCUT2D eigenvalue weighted by Crippen LogP contribution is 1.88. The van der Waals surface area contributed by atoms with Crippen LogP contribution in [0.1, 0.15) is 6.92 Å². The molecule has 0 atom stereocenters. The summed E-state index contributed by atoms with van der Waals surface area (Å²) in [5.74, 6) is 0. The van der Waals surface area contributed by atoms with Gasteiger partial charge in [-0.05, 0) is 19.1 Å². The summed E-state index contributed by atoms with van der Waals surface area (Å²) in [7, 11) is 0. The monoisotopic (exact) mass is 137 g/mol. The van der Waals surface area contributed by atoms with Gasteiger partial charge in [0.2, 0.25) is 6.41 Å². The second kappa shape index (κ2) is 5.82. The van der Waals surface area contributed by atoms with Gasteiger partial charge in [-0.25, -0.2) is 0 Å². The van der Waals surface area contributed by atoms with Gasteiger partial charge in [-0.15, -0.1) is 0 Å². The molecular weight excluding hydrogens is 126 g/mol. The fourth-order valence-corrected chi connectivity index (χ4v) is 0.443.